The second-order valence-corrected chi connectivity index (χ2v) is 6.81. The van der Waals surface area contributed by atoms with E-state index in [1.807, 2.05) is 25.1 Å². The molecule has 0 unspecified atom stereocenters. The predicted molar refractivity (Wildman–Crippen MR) is 110 cm³/mol. The van der Waals surface area contributed by atoms with Crippen molar-refractivity contribution in [3.63, 3.8) is 0 Å². The maximum Gasteiger partial charge on any atom is 0.270 e. The molecule has 4 rings (SSSR count). The number of nitrogens with one attached hydrogen (secondary N) is 1. The van der Waals surface area contributed by atoms with Crippen molar-refractivity contribution >= 4 is 40.0 Å². The molecule has 0 bridgehead atoms. The van der Waals surface area contributed by atoms with Crippen LogP contribution in [0.2, 0.25) is 5.02 Å². The zero-order valence-electron chi connectivity index (χ0n) is 15.1. The van der Waals surface area contributed by atoms with E-state index in [1.165, 1.54) is 18.2 Å². The Labute approximate surface area is 170 Å². The molecule has 0 saturated carbocycles. The van der Waals surface area contributed by atoms with Crippen molar-refractivity contribution in [3.8, 4) is 17.4 Å². The van der Waals surface area contributed by atoms with Crippen LogP contribution in [0, 0.1) is 28.4 Å². The van der Waals surface area contributed by atoms with Crippen LogP contribution < -0.4 is 0 Å². The summed E-state index contributed by atoms with van der Waals surface area (Å²) in [6.45, 7) is 1.98. The van der Waals surface area contributed by atoms with Gasteiger partial charge >= 0.3 is 0 Å². The first-order valence-electron chi connectivity index (χ1n) is 8.57. The molecular formula is C21H13ClN4O3. The summed E-state index contributed by atoms with van der Waals surface area (Å²) < 4.78 is 5.77. The second-order valence-electron chi connectivity index (χ2n) is 6.40. The number of benzene rings is 2. The number of furan rings is 1. The molecule has 8 heteroatoms. The third-order valence-electron chi connectivity index (χ3n) is 4.36. The number of nitriles is 1. The lowest BCUT2D eigenvalue weighted by molar-refractivity contribution is -0.384. The number of hydrogen-bond acceptors (Lipinski definition) is 5. The van der Waals surface area contributed by atoms with Gasteiger partial charge in [-0.2, -0.15) is 5.26 Å². The van der Waals surface area contributed by atoms with Gasteiger partial charge in [-0.1, -0.05) is 17.7 Å². The fourth-order valence-corrected chi connectivity index (χ4v) is 3.21. The molecule has 29 heavy (non-hydrogen) atoms. The first-order chi connectivity index (χ1) is 13.9. The summed E-state index contributed by atoms with van der Waals surface area (Å²) in [4.78, 5) is 17.9. The summed E-state index contributed by atoms with van der Waals surface area (Å²) >= 11 is 6.16. The first-order valence-corrected chi connectivity index (χ1v) is 8.95. The monoisotopic (exact) mass is 404 g/mol. The highest BCUT2D eigenvalue weighted by atomic mass is 35.5. The van der Waals surface area contributed by atoms with Gasteiger partial charge in [0.15, 0.2) is 0 Å². The van der Waals surface area contributed by atoms with Crippen molar-refractivity contribution < 1.29 is 9.34 Å². The third kappa shape index (κ3) is 3.61. The molecule has 0 aliphatic heterocycles. The Kier molecular flexibility index (Phi) is 4.63. The minimum Gasteiger partial charge on any atom is -0.457 e. The average Bonchev–Trinajstić information content (AvgIpc) is 3.32. The van der Waals surface area contributed by atoms with Gasteiger partial charge in [0.2, 0.25) is 0 Å². The molecule has 1 N–H and O–H groups in total. The Hall–Kier alpha value is -3.89. The lowest BCUT2D eigenvalue weighted by atomic mass is 10.1. The zero-order chi connectivity index (χ0) is 20.5. The first kappa shape index (κ1) is 18.5. The van der Waals surface area contributed by atoms with E-state index in [2.05, 4.69) is 16.0 Å². The Morgan fingerprint density at radius 1 is 1.28 bits per heavy atom. The Morgan fingerprint density at radius 3 is 2.83 bits per heavy atom. The lowest BCUT2D eigenvalue weighted by Crippen LogP contribution is -1.88. The van der Waals surface area contributed by atoms with Crippen molar-refractivity contribution in [1.29, 1.82) is 5.26 Å². The highest BCUT2D eigenvalue weighted by Crippen LogP contribution is 2.33. The summed E-state index contributed by atoms with van der Waals surface area (Å²) in [5.41, 5.74) is 3.44. The molecule has 0 radical (unpaired) electrons. The van der Waals surface area contributed by atoms with E-state index >= 15 is 0 Å². The molecule has 0 atom stereocenters. The maximum atomic E-state index is 10.9. The molecule has 7 nitrogen and oxygen atoms in total. The van der Waals surface area contributed by atoms with Gasteiger partial charge in [-0.3, -0.25) is 10.1 Å². The Morgan fingerprint density at radius 2 is 2.10 bits per heavy atom. The average molecular weight is 405 g/mol. The molecular weight excluding hydrogens is 392 g/mol. The highest BCUT2D eigenvalue weighted by Gasteiger charge is 2.14. The van der Waals surface area contributed by atoms with E-state index in [1.54, 1.807) is 18.2 Å². The van der Waals surface area contributed by atoms with Crippen LogP contribution >= 0.6 is 11.6 Å². The van der Waals surface area contributed by atoms with Gasteiger partial charge < -0.3 is 9.40 Å². The molecule has 0 saturated heterocycles. The number of nitrogens with zero attached hydrogens (tertiary/aromatic N) is 3. The molecule has 0 spiro atoms. The van der Waals surface area contributed by atoms with Gasteiger partial charge in [-0.25, -0.2) is 4.98 Å². The molecule has 2 aromatic heterocycles. The number of H-pyrrole nitrogens is 1. The molecule has 0 aliphatic carbocycles. The standard InChI is InChI=1S/C21H13ClN4O3/c1-12-2-6-18-19(8-12)25-21(24-18)13(11-23)9-15-4-7-20(29-15)16-5-3-14(26(27)28)10-17(16)22/h2-10H,1H3,(H,24,25)/b13-9+. The van der Waals surface area contributed by atoms with Crippen molar-refractivity contribution in [1.82, 2.24) is 9.97 Å². The number of fused-ring (bicyclic) bond motifs is 1. The van der Waals surface area contributed by atoms with Crippen LogP contribution in [-0.4, -0.2) is 14.9 Å². The number of aryl methyl sites for hydroxylation is 1. The number of hydrogen-bond donors (Lipinski definition) is 1. The molecule has 0 aliphatic rings. The van der Waals surface area contributed by atoms with Gasteiger partial charge in [0.25, 0.3) is 5.69 Å². The van der Waals surface area contributed by atoms with Crippen molar-refractivity contribution in [2.24, 2.45) is 0 Å². The maximum absolute atomic E-state index is 10.9. The van der Waals surface area contributed by atoms with Crippen LogP contribution in [0.3, 0.4) is 0 Å². The summed E-state index contributed by atoms with van der Waals surface area (Å²) in [7, 11) is 0. The molecule has 2 heterocycles. The number of nitro benzene ring substituents is 1. The number of allylic oxidation sites excluding steroid dienone is 1. The van der Waals surface area contributed by atoms with Gasteiger partial charge in [0.1, 0.15) is 23.4 Å². The number of imidazole rings is 1. The van der Waals surface area contributed by atoms with Gasteiger partial charge in [0.05, 0.1) is 26.6 Å². The van der Waals surface area contributed by atoms with Crippen molar-refractivity contribution in [3.05, 3.63) is 80.8 Å². The summed E-state index contributed by atoms with van der Waals surface area (Å²) in [5, 5.41) is 20.6. The number of rotatable bonds is 4. The number of nitro groups is 1. The largest absolute Gasteiger partial charge is 0.457 e. The van der Waals surface area contributed by atoms with Crippen molar-refractivity contribution in [2.45, 2.75) is 6.92 Å². The summed E-state index contributed by atoms with van der Waals surface area (Å²) in [5.74, 6) is 1.32. The Balaban J connectivity index is 1.68. The zero-order valence-corrected chi connectivity index (χ0v) is 15.9. The van der Waals surface area contributed by atoms with Crippen LogP contribution in [-0.2, 0) is 0 Å². The lowest BCUT2D eigenvalue weighted by Gasteiger charge is -2.00. The van der Waals surface area contributed by atoms with Gasteiger partial charge in [0, 0.05) is 23.8 Å². The van der Waals surface area contributed by atoms with E-state index in [0.717, 1.165) is 16.6 Å². The highest BCUT2D eigenvalue weighted by molar-refractivity contribution is 6.33. The molecule has 2 aromatic carbocycles. The minimum absolute atomic E-state index is 0.0997. The third-order valence-corrected chi connectivity index (χ3v) is 4.67. The topological polar surface area (TPSA) is 109 Å². The minimum atomic E-state index is -0.514. The SMILES string of the molecule is Cc1ccc2nc(/C(C#N)=C/c3ccc(-c4ccc([N+](=O)[O-])cc4Cl)o3)[nH]c2c1. The molecule has 0 fully saturated rings. The van der Waals surface area contributed by atoms with E-state index in [0.29, 0.717) is 28.5 Å². The number of non-ortho nitro benzene ring substituents is 1. The molecule has 0 amide bonds. The Bertz CT molecular complexity index is 1330. The number of aromatic nitrogens is 2. The van der Waals surface area contributed by atoms with Crippen LogP contribution in [0.15, 0.2) is 52.9 Å². The number of aromatic amines is 1. The normalized spacial score (nSPS) is 11.6. The van der Waals surface area contributed by atoms with E-state index in [-0.39, 0.29) is 10.7 Å². The van der Waals surface area contributed by atoms with Gasteiger partial charge in [-0.05, 0) is 42.8 Å². The van der Waals surface area contributed by atoms with Crippen LogP contribution in [0.4, 0.5) is 5.69 Å². The van der Waals surface area contributed by atoms with Crippen LogP contribution in [0.1, 0.15) is 17.1 Å². The second kappa shape index (κ2) is 7.26. The van der Waals surface area contributed by atoms with E-state index in [4.69, 9.17) is 16.0 Å². The smallest absolute Gasteiger partial charge is 0.270 e. The van der Waals surface area contributed by atoms with Crippen molar-refractivity contribution in [2.75, 3.05) is 0 Å². The van der Waals surface area contributed by atoms with Crippen LogP contribution in [0.5, 0.6) is 0 Å². The van der Waals surface area contributed by atoms with Crippen LogP contribution in [0.25, 0.3) is 34.0 Å². The quantitative estimate of drug-likeness (QED) is 0.264. The fourth-order valence-electron chi connectivity index (χ4n) is 2.94. The predicted octanol–water partition coefficient (Wildman–Crippen LogP) is 5.76. The number of halogens is 1. The molecule has 4 aromatic rings. The van der Waals surface area contributed by atoms with E-state index < -0.39 is 4.92 Å². The van der Waals surface area contributed by atoms with E-state index in [9.17, 15) is 15.4 Å². The van der Waals surface area contributed by atoms with Gasteiger partial charge in [-0.15, -0.1) is 0 Å². The fraction of sp³-hybridized carbons (Fsp3) is 0.0476. The summed E-state index contributed by atoms with van der Waals surface area (Å²) in [6.07, 6.45) is 1.58. The summed E-state index contributed by atoms with van der Waals surface area (Å²) in [6, 6.07) is 15.5. The molecule has 142 valence electrons.